The normalized spacial score (nSPS) is 11.2. The standard InChI is InChI=1S/C28H26O3S/c1-3-6-25-13-16-28(32-25)26(29)14-9-20-10-15-27(30-2)23(17-20)19-31-24-12-11-21-7-4-5-8-22(21)18-24/h4-5,7-18H,3,6,19H2,1-2H3/b14-9+. The molecule has 4 rings (SSSR count). The quantitative estimate of drug-likeness (QED) is 0.201. The molecule has 0 aliphatic heterocycles. The van der Waals surface area contributed by atoms with E-state index in [1.165, 1.54) is 10.3 Å². The van der Waals surface area contributed by atoms with E-state index in [-0.39, 0.29) is 5.78 Å². The van der Waals surface area contributed by atoms with Crippen LogP contribution in [-0.2, 0) is 13.0 Å². The number of ether oxygens (including phenoxy) is 2. The number of methoxy groups -OCH3 is 1. The third-order valence-corrected chi connectivity index (χ3v) is 6.41. The number of allylic oxidation sites excluding steroid dienone is 1. The maximum atomic E-state index is 12.5. The molecule has 0 radical (unpaired) electrons. The zero-order chi connectivity index (χ0) is 22.3. The summed E-state index contributed by atoms with van der Waals surface area (Å²) in [7, 11) is 1.65. The van der Waals surface area contributed by atoms with Gasteiger partial charge < -0.3 is 9.47 Å². The van der Waals surface area contributed by atoms with Crippen molar-refractivity contribution in [3.05, 3.63) is 99.8 Å². The smallest absolute Gasteiger partial charge is 0.195 e. The van der Waals surface area contributed by atoms with Gasteiger partial charge in [0, 0.05) is 10.4 Å². The minimum absolute atomic E-state index is 0.0298. The molecule has 1 aromatic heterocycles. The Balaban J connectivity index is 1.47. The minimum atomic E-state index is 0.0298. The van der Waals surface area contributed by atoms with E-state index in [9.17, 15) is 4.79 Å². The van der Waals surface area contributed by atoms with Crippen molar-refractivity contribution < 1.29 is 14.3 Å². The first kappa shape index (κ1) is 21.8. The predicted molar refractivity (Wildman–Crippen MR) is 133 cm³/mol. The summed E-state index contributed by atoms with van der Waals surface area (Å²) in [5.74, 6) is 1.60. The number of hydrogen-bond acceptors (Lipinski definition) is 4. The van der Waals surface area contributed by atoms with Crippen LogP contribution in [0.1, 0.15) is 39.0 Å². The lowest BCUT2D eigenvalue weighted by atomic mass is 10.1. The minimum Gasteiger partial charge on any atom is -0.496 e. The van der Waals surface area contributed by atoms with Crippen molar-refractivity contribution in [2.45, 2.75) is 26.4 Å². The van der Waals surface area contributed by atoms with Gasteiger partial charge in [-0.05, 0) is 65.2 Å². The molecule has 162 valence electrons. The summed E-state index contributed by atoms with van der Waals surface area (Å²) in [6, 6.07) is 24.1. The Labute approximate surface area is 192 Å². The van der Waals surface area contributed by atoms with Crippen LogP contribution in [0.2, 0.25) is 0 Å². The zero-order valence-corrected chi connectivity index (χ0v) is 19.2. The zero-order valence-electron chi connectivity index (χ0n) is 18.3. The lowest BCUT2D eigenvalue weighted by molar-refractivity contribution is 0.105. The second-order valence-corrected chi connectivity index (χ2v) is 8.75. The fourth-order valence-electron chi connectivity index (χ4n) is 3.58. The molecule has 3 nitrogen and oxygen atoms in total. The molecule has 0 saturated heterocycles. The Morgan fingerprint density at radius 3 is 2.62 bits per heavy atom. The van der Waals surface area contributed by atoms with Crippen molar-refractivity contribution in [2.75, 3.05) is 7.11 Å². The number of carbonyl (C=O) groups is 1. The van der Waals surface area contributed by atoms with Crippen LogP contribution in [-0.4, -0.2) is 12.9 Å². The molecule has 0 spiro atoms. The van der Waals surface area contributed by atoms with Gasteiger partial charge in [0.05, 0.1) is 12.0 Å². The van der Waals surface area contributed by atoms with Crippen molar-refractivity contribution in [1.82, 2.24) is 0 Å². The summed E-state index contributed by atoms with van der Waals surface area (Å²) in [6.07, 6.45) is 5.58. The van der Waals surface area contributed by atoms with Crippen LogP contribution >= 0.6 is 11.3 Å². The van der Waals surface area contributed by atoms with Crippen molar-refractivity contribution in [3.8, 4) is 11.5 Å². The highest BCUT2D eigenvalue weighted by molar-refractivity contribution is 7.14. The van der Waals surface area contributed by atoms with Crippen LogP contribution in [0.25, 0.3) is 16.8 Å². The first-order valence-corrected chi connectivity index (χ1v) is 11.6. The fourth-order valence-corrected chi connectivity index (χ4v) is 4.61. The molecule has 0 atom stereocenters. The molecule has 0 aliphatic carbocycles. The Hall–Kier alpha value is -3.37. The molecule has 0 unspecified atom stereocenters. The molecule has 0 fully saturated rings. The second-order valence-electron chi connectivity index (χ2n) is 7.58. The fraction of sp³-hybridized carbons (Fsp3) is 0.179. The number of hydrogen-bond donors (Lipinski definition) is 0. The SMILES string of the molecule is CCCc1ccc(C(=O)/C=C/c2ccc(OC)c(COc3ccc4ccccc4c3)c2)s1. The van der Waals surface area contributed by atoms with E-state index < -0.39 is 0 Å². The van der Waals surface area contributed by atoms with Crippen LogP contribution in [0.5, 0.6) is 11.5 Å². The van der Waals surface area contributed by atoms with E-state index in [4.69, 9.17) is 9.47 Å². The summed E-state index contributed by atoms with van der Waals surface area (Å²) < 4.78 is 11.6. The number of rotatable bonds is 9. The Bertz CT molecular complexity index is 1250. The average molecular weight is 443 g/mol. The van der Waals surface area contributed by atoms with Crippen LogP contribution in [0.3, 0.4) is 0 Å². The monoisotopic (exact) mass is 442 g/mol. The molecule has 3 aromatic carbocycles. The van der Waals surface area contributed by atoms with Gasteiger partial charge in [-0.15, -0.1) is 11.3 Å². The Morgan fingerprint density at radius 2 is 1.81 bits per heavy atom. The highest BCUT2D eigenvalue weighted by Crippen LogP contribution is 2.25. The van der Waals surface area contributed by atoms with E-state index in [0.29, 0.717) is 6.61 Å². The number of fused-ring (bicyclic) bond motifs is 1. The summed E-state index contributed by atoms with van der Waals surface area (Å²) >= 11 is 1.58. The molecular formula is C28H26O3S. The van der Waals surface area contributed by atoms with Gasteiger partial charge in [-0.25, -0.2) is 0 Å². The van der Waals surface area contributed by atoms with Crippen molar-refractivity contribution in [1.29, 1.82) is 0 Å². The number of benzene rings is 3. The number of ketones is 1. The Morgan fingerprint density at radius 1 is 0.969 bits per heavy atom. The first-order valence-electron chi connectivity index (χ1n) is 10.8. The molecule has 32 heavy (non-hydrogen) atoms. The van der Waals surface area contributed by atoms with Crippen LogP contribution in [0.4, 0.5) is 0 Å². The van der Waals surface area contributed by atoms with Gasteiger partial charge in [0.2, 0.25) is 0 Å². The first-order chi connectivity index (χ1) is 15.7. The molecule has 0 saturated carbocycles. The van der Waals surface area contributed by atoms with Gasteiger partial charge in [0.1, 0.15) is 18.1 Å². The predicted octanol–water partition coefficient (Wildman–Crippen LogP) is 7.34. The van der Waals surface area contributed by atoms with Crippen LogP contribution < -0.4 is 9.47 Å². The van der Waals surface area contributed by atoms with Crippen LogP contribution in [0.15, 0.2) is 78.9 Å². The molecule has 1 heterocycles. The van der Waals surface area contributed by atoms with Crippen molar-refractivity contribution in [2.24, 2.45) is 0 Å². The molecule has 4 heteroatoms. The molecular weight excluding hydrogens is 416 g/mol. The van der Waals surface area contributed by atoms with Crippen LogP contribution in [0, 0.1) is 0 Å². The lowest BCUT2D eigenvalue weighted by Gasteiger charge is -2.12. The van der Waals surface area contributed by atoms with E-state index in [0.717, 1.165) is 45.7 Å². The number of thiophene rings is 1. The second kappa shape index (κ2) is 10.3. The topological polar surface area (TPSA) is 35.5 Å². The van der Waals surface area contributed by atoms with Crippen molar-refractivity contribution in [3.63, 3.8) is 0 Å². The maximum absolute atomic E-state index is 12.5. The number of aryl methyl sites for hydroxylation is 1. The van der Waals surface area contributed by atoms with Gasteiger partial charge in [0.25, 0.3) is 0 Å². The average Bonchev–Trinajstić information content (AvgIpc) is 3.30. The lowest BCUT2D eigenvalue weighted by Crippen LogP contribution is -1.99. The summed E-state index contributed by atoms with van der Waals surface area (Å²) in [6.45, 7) is 2.52. The van der Waals surface area contributed by atoms with Gasteiger partial charge in [-0.1, -0.05) is 55.8 Å². The van der Waals surface area contributed by atoms with Gasteiger partial charge in [0.15, 0.2) is 5.78 Å². The third kappa shape index (κ3) is 5.27. The van der Waals surface area contributed by atoms with E-state index in [2.05, 4.69) is 25.1 Å². The third-order valence-electron chi connectivity index (χ3n) is 5.25. The molecule has 0 N–H and O–H groups in total. The molecule has 0 aliphatic rings. The van der Waals surface area contributed by atoms with E-state index >= 15 is 0 Å². The van der Waals surface area contributed by atoms with Gasteiger partial charge in [-0.2, -0.15) is 0 Å². The largest absolute Gasteiger partial charge is 0.496 e. The summed E-state index contributed by atoms with van der Waals surface area (Å²) in [5, 5.41) is 2.32. The molecule has 0 amide bonds. The highest BCUT2D eigenvalue weighted by Gasteiger charge is 2.08. The molecule has 4 aromatic rings. The summed E-state index contributed by atoms with van der Waals surface area (Å²) in [4.78, 5) is 14.6. The van der Waals surface area contributed by atoms with E-state index in [1.807, 2.05) is 60.7 Å². The molecule has 0 bridgehead atoms. The van der Waals surface area contributed by atoms with Gasteiger partial charge in [-0.3, -0.25) is 4.79 Å². The number of carbonyl (C=O) groups excluding carboxylic acids is 1. The maximum Gasteiger partial charge on any atom is 0.195 e. The highest BCUT2D eigenvalue weighted by atomic mass is 32.1. The summed E-state index contributed by atoms with van der Waals surface area (Å²) in [5.41, 5.74) is 1.86. The van der Waals surface area contributed by atoms with E-state index in [1.54, 1.807) is 24.5 Å². The van der Waals surface area contributed by atoms with Gasteiger partial charge >= 0.3 is 0 Å². The Kier molecular flexibility index (Phi) is 7.03. The van der Waals surface area contributed by atoms with Crippen molar-refractivity contribution >= 4 is 34.0 Å².